The van der Waals surface area contributed by atoms with Gasteiger partial charge in [0.2, 0.25) is 5.91 Å². The Hall–Kier alpha value is -3.10. The molecule has 0 fully saturated rings. The molecule has 0 spiro atoms. The fraction of sp³-hybridized carbons (Fsp3) is 0.741. The lowest BCUT2D eigenvalue weighted by Gasteiger charge is -2.29. The number of phosphoric ester groups is 1. The van der Waals surface area contributed by atoms with Gasteiger partial charge in [-0.05, 0) is 103 Å². The summed E-state index contributed by atoms with van der Waals surface area (Å²) in [7, 11) is 1.23. The molecule has 0 bridgehead atoms. The number of nitrogens with one attached hydrogen (secondary N) is 1. The lowest BCUT2D eigenvalue weighted by atomic mass is 10.0. The second-order valence-electron chi connectivity index (χ2n) is 26.6. The zero-order valence-corrected chi connectivity index (χ0v) is 60.5. The zero-order valence-electron chi connectivity index (χ0n) is 59.6. The van der Waals surface area contributed by atoms with E-state index in [9.17, 15) is 19.4 Å². The molecule has 0 radical (unpaired) electrons. The Kier molecular flexibility index (Phi) is 67.8. The van der Waals surface area contributed by atoms with Gasteiger partial charge in [-0.15, -0.1) is 0 Å². The molecule has 90 heavy (non-hydrogen) atoms. The smallest absolute Gasteiger partial charge is 0.268 e. The summed E-state index contributed by atoms with van der Waals surface area (Å²) in [6.07, 6.45) is 105. The van der Waals surface area contributed by atoms with Crippen LogP contribution >= 0.6 is 7.82 Å². The van der Waals surface area contributed by atoms with Crippen molar-refractivity contribution in [1.82, 2.24) is 5.32 Å². The Morgan fingerprint density at radius 3 is 1.03 bits per heavy atom. The number of hydrogen-bond acceptors (Lipinski definition) is 6. The van der Waals surface area contributed by atoms with Gasteiger partial charge in [-0.2, -0.15) is 0 Å². The van der Waals surface area contributed by atoms with E-state index in [-0.39, 0.29) is 12.5 Å². The van der Waals surface area contributed by atoms with Crippen molar-refractivity contribution in [1.29, 1.82) is 0 Å². The fourth-order valence-electron chi connectivity index (χ4n) is 10.8. The third-order valence-electron chi connectivity index (χ3n) is 16.6. The summed E-state index contributed by atoms with van der Waals surface area (Å²) in [6.45, 7) is 4.54. The van der Waals surface area contributed by atoms with E-state index in [0.717, 1.165) is 89.9 Å². The standard InChI is InChI=1S/C81H145N2O6P/c1-6-8-10-12-14-16-18-20-22-24-26-28-30-32-34-36-37-38-39-40-41-42-43-44-45-47-49-51-53-55-57-59-61-63-65-67-69-71-73-75-81(85)82-79(78-89-90(86,87)88-77-76-83(3,4)5)80(84)74-72-70-68-66-64-62-60-58-56-54-52-50-48-46-35-33-31-29-27-25-23-21-19-17-15-13-11-9-7-2/h8,10,14,16,20,22,26,28,32,34,37-38,40-41,56,58,64,66,72,74,79-80,84H,6-7,9,11-13,15,17-19,21,23-25,27,29-31,33,35-36,39,42-55,57,59-63,65,67-71,73,75-78H2,1-5H3,(H-,82,85,86,87)/b10-8-,16-14-,22-20-,28-26-,34-32-,38-37-,41-40-,58-56+,66-64+,74-72+. The summed E-state index contributed by atoms with van der Waals surface area (Å²) in [5.41, 5.74) is 0. The number of carbonyl (C=O) groups excluding carboxylic acids is 1. The van der Waals surface area contributed by atoms with Gasteiger partial charge in [0.05, 0.1) is 39.9 Å². The van der Waals surface area contributed by atoms with Gasteiger partial charge >= 0.3 is 0 Å². The first-order chi connectivity index (χ1) is 44.0. The molecular weight excluding hydrogens is 1130 g/mol. The summed E-state index contributed by atoms with van der Waals surface area (Å²) in [4.78, 5) is 25.7. The summed E-state index contributed by atoms with van der Waals surface area (Å²) in [5, 5.41) is 14.0. The Morgan fingerprint density at radius 1 is 0.400 bits per heavy atom. The van der Waals surface area contributed by atoms with Crippen molar-refractivity contribution in [2.45, 2.75) is 347 Å². The van der Waals surface area contributed by atoms with Crippen molar-refractivity contribution in [2.24, 2.45) is 0 Å². The topological polar surface area (TPSA) is 108 Å². The summed E-state index contributed by atoms with van der Waals surface area (Å²) >= 11 is 0. The highest BCUT2D eigenvalue weighted by atomic mass is 31.2. The van der Waals surface area contributed by atoms with Crippen LogP contribution in [0, 0.1) is 0 Å². The third-order valence-corrected chi connectivity index (χ3v) is 17.6. The maximum absolute atomic E-state index is 13.1. The molecule has 0 saturated heterocycles. The highest BCUT2D eigenvalue weighted by molar-refractivity contribution is 7.45. The Morgan fingerprint density at radius 2 is 0.689 bits per heavy atom. The van der Waals surface area contributed by atoms with Crippen LogP contribution in [0.1, 0.15) is 335 Å². The number of hydrogen-bond donors (Lipinski definition) is 2. The predicted octanol–water partition coefficient (Wildman–Crippen LogP) is 24.1. The number of rotatable bonds is 69. The van der Waals surface area contributed by atoms with Crippen molar-refractivity contribution in [3.05, 3.63) is 122 Å². The average molecular weight is 1270 g/mol. The maximum atomic E-state index is 13.1. The van der Waals surface area contributed by atoms with Crippen molar-refractivity contribution < 1.29 is 32.9 Å². The van der Waals surface area contributed by atoms with Crippen molar-refractivity contribution in [3.8, 4) is 0 Å². The molecular formula is C81H145N2O6P. The fourth-order valence-corrected chi connectivity index (χ4v) is 11.5. The average Bonchev–Trinajstić information content (AvgIpc) is 3.72. The van der Waals surface area contributed by atoms with E-state index >= 15 is 0 Å². The van der Waals surface area contributed by atoms with E-state index in [1.807, 2.05) is 27.2 Å². The van der Waals surface area contributed by atoms with Gasteiger partial charge in [0.25, 0.3) is 7.82 Å². The third kappa shape index (κ3) is 72.3. The molecule has 0 aromatic carbocycles. The van der Waals surface area contributed by atoms with E-state index in [1.165, 1.54) is 225 Å². The summed E-state index contributed by atoms with van der Waals surface area (Å²) in [6, 6.07) is -0.918. The van der Waals surface area contributed by atoms with Crippen LogP contribution in [0.4, 0.5) is 0 Å². The number of allylic oxidation sites excluding steroid dienone is 19. The lowest BCUT2D eigenvalue weighted by Crippen LogP contribution is -2.45. The molecule has 1 amide bonds. The van der Waals surface area contributed by atoms with Crippen LogP contribution in [-0.2, 0) is 18.4 Å². The number of phosphoric acid groups is 1. The largest absolute Gasteiger partial charge is 0.756 e. The quantitative estimate of drug-likeness (QED) is 0.0272. The van der Waals surface area contributed by atoms with E-state index in [2.05, 4.69) is 129 Å². The van der Waals surface area contributed by atoms with E-state index in [1.54, 1.807) is 6.08 Å². The molecule has 0 rings (SSSR count). The first kappa shape index (κ1) is 86.9. The van der Waals surface area contributed by atoms with Crippen LogP contribution in [0.15, 0.2) is 122 Å². The lowest BCUT2D eigenvalue weighted by molar-refractivity contribution is -0.870. The Bertz CT molecular complexity index is 1890. The molecule has 0 heterocycles. The number of nitrogens with zero attached hydrogens (tertiary/aromatic N) is 1. The van der Waals surface area contributed by atoms with E-state index < -0.39 is 26.6 Å². The van der Waals surface area contributed by atoms with E-state index in [0.29, 0.717) is 17.4 Å². The minimum absolute atomic E-state index is 0.0123. The SMILES string of the molecule is CC/C=C\C/C=C\C/C=C\C/C=C\C/C=C\C/C=C\C/C=C\CCCCCCCCCCCCCCCCCCCC(=O)NC(COP(=O)([O-])OCC[N+](C)(C)C)C(O)/C=C/CC/C=C/CC/C=C/CCCCCCCCCCCCCCCCCCCCC. The molecule has 9 heteroatoms. The molecule has 0 aliphatic carbocycles. The molecule has 3 atom stereocenters. The van der Waals surface area contributed by atoms with Crippen LogP contribution in [0.2, 0.25) is 0 Å². The predicted molar refractivity (Wildman–Crippen MR) is 394 cm³/mol. The first-order valence-electron chi connectivity index (χ1n) is 37.9. The number of carbonyl (C=O) groups is 1. The van der Waals surface area contributed by atoms with Gasteiger partial charge in [0, 0.05) is 6.42 Å². The number of aliphatic hydroxyl groups excluding tert-OH is 1. The van der Waals surface area contributed by atoms with E-state index in [4.69, 9.17) is 9.05 Å². The minimum Gasteiger partial charge on any atom is -0.756 e. The molecule has 0 saturated carbocycles. The Balaban J connectivity index is 4.08. The minimum atomic E-state index is -4.62. The second-order valence-corrected chi connectivity index (χ2v) is 28.0. The van der Waals surface area contributed by atoms with Crippen LogP contribution in [0.5, 0.6) is 0 Å². The van der Waals surface area contributed by atoms with Crippen molar-refractivity contribution in [2.75, 3.05) is 40.9 Å². The molecule has 0 aromatic rings. The summed E-state index contributed by atoms with van der Waals surface area (Å²) < 4.78 is 23.5. The monoisotopic (exact) mass is 1270 g/mol. The number of quaternary nitrogens is 1. The van der Waals surface area contributed by atoms with Gasteiger partial charge in [-0.25, -0.2) is 0 Å². The number of amides is 1. The van der Waals surface area contributed by atoms with Crippen molar-refractivity contribution >= 4 is 13.7 Å². The highest BCUT2D eigenvalue weighted by Crippen LogP contribution is 2.38. The zero-order chi connectivity index (χ0) is 65.5. The Labute approximate surface area is 558 Å². The molecule has 520 valence electrons. The number of unbranched alkanes of at least 4 members (excludes halogenated alkanes) is 38. The normalized spacial score (nSPS) is 14.3. The van der Waals surface area contributed by atoms with Crippen molar-refractivity contribution in [3.63, 3.8) is 0 Å². The molecule has 0 aromatic heterocycles. The van der Waals surface area contributed by atoms with Gasteiger partial charge < -0.3 is 28.8 Å². The van der Waals surface area contributed by atoms with Gasteiger partial charge in [-0.3, -0.25) is 9.36 Å². The van der Waals surface area contributed by atoms with Crippen LogP contribution in [-0.4, -0.2) is 68.5 Å². The molecule has 2 N–H and O–H groups in total. The molecule has 0 aliphatic rings. The maximum Gasteiger partial charge on any atom is 0.268 e. The van der Waals surface area contributed by atoms with Gasteiger partial charge in [-0.1, -0.05) is 347 Å². The number of aliphatic hydroxyl groups is 1. The molecule has 3 unspecified atom stereocenters. The van der Waals surface area contributed by atoms with Gasteiger partial charge in [0.15, 0.2) is 0 Å². The highest BCUT2D eigenvalue weighted by Gasteiger charge is 2.23. The van der Waals surface area contributed by atoms with Crippen LogP contribution in [0.3, 0.4) is 0 Å². The van der Waals surface area contributed by atoms with Crippen LogP contribution in [0.25, 0.3) is 0 Å². The first-order valence-corrected chi connectivity index (χ1v) is 39.4. The van der Waals surface area contributed by atoms with Crippen LogP contribution < -0.4 is 10.2 Å². The molecule has 8 nitrogen and oxygen atoms in total. The second kappa shape index (κ2) is 70.2. The number of likely N-dealkylation sites (N-methyl/N-ethyl adjacent to an activating group) is 1. The van der Waals surface area contributed by atoms with Gasteiger partial charge in [0.1, 0.15) is 13.2 Å². The molecule has 0 aliphatic heterocycles. The summed E-state index contributed by atoms with van der Waals surface area (Å²) in [5.74, 6) is -0.211.